The molecule has 17 heavy (non-hydrogen) atoms. The van der Waals surface area contributed by atoms with Crippen molar-refractivity contribution in [1.82, 2.24) is 0 Å². The average Bonchev–Trinajstić information content (AvgIpc) is 2.27. The minimum absolute atomic E-state index is 0.150. The number of benzene rings is 1. The molecule has 0 aliphatic rings. The molecule has 0 bridgehead atoms. The zero-order valence-corrected chi connectivity index (χ0v) is 10.4. The summed E-state index contributed by atoms with van der Waals surface area (Å²) < 4.78 is 0. The number of carboxylic acids is 1. The maximum atomic E-state index is 11.0. The summed E-state index contributed by atoms with van der Waals surface area (Å²) >= 11 is 0. The highest BCUT2D eigenvalue weighted by molar-refractivity contribution is 5.74. The molecule has 0 spiro atoms. The largest absolute Gasteiger partial charge is 0.481 e. The smallest absolute Gasteiger partial charge is 0.309 e. The second-order valence-electron chi connectivity index (χ2n) is 5.04. The van der Waals surface area contributed by atoms with Gasteiger partial charge in [-0.05, 0) is 31.4 Å². The fourth-order valence-electron chi connectivity index (χ4n) is 1.65. The van der Waals surface area contributed by atoms with Crippen LogP contribution in [-0.2, 0) is 16.0 Å². The molecule has 0 aliphatic carbocycles. The third kappa shape index (κ3) is 3.41. The highest BCUT2D eigenvalue weighted by Crippen LogP contribution is 2.24. The van der Waals surface area contributed by atoms with Crippen LogP contribution in [0.3, 0.4) is 0 Å². The van der Waals surface area contributed by atoms with E-state index in [0.717, 1.165) is 17.4 Å². The van der Waals surface area contributed by atoms with Crippen molar-refractivity contribution in [3.8, 4) is 0 Å². The van der Waals surface area contributed by atoms with Gasteiger partial charge in [0.05, 0.1) is 5.41 Å². The predicted octanol–water partition coefficient (Wildman–Crippen LogP) is 2.64. The highest BCUT2D eigenvalue weighted by Gasteiger charge is 2.27. The van der Waals surface area contributed by atoms with Crippen LogP contribution in [0.1, 0.15) is 37.8 Å². The Morgan fingerprint density at radius 3 is 2.65 bits per heavy atom. The Morgan fingerprint density at radius 1 is 1.47 bits per heavy atom. The van der Waals surface area contributed by atoms with E-state index in [2.05, 4.69) is 0 Å². The van der Waals surface area contributed by atoms with Gasteiger partial charge in [0.25, 0.3) is 0 Å². The predicted molar refractivity (Wildman–Crippen MR) is 66.0 cm³/mol. The molecule has 0 saturated carbocycles. The van der Waals surface area contributed by atoms with Gasteiger partial charge in [0.2, 0.25) is 0 Å². The van der Waals surface area contributed by atoms with Crippen LogP contribution in [0.2, 0.25) is 0 Å². The summed E-state index contributed by atoms with van der Waals surface area (Å²) in [6.07, 6.45) is 1.35. The lowest BCUT2D eigenvalue weighted by Crippen LogP contribution is -2.26. The maximum Gasteiger partial charge on any atom is 0.309 e. The minimum atomic E-state index is -0.814. The van der Waals surface area contributed by atoms with Crippen molar-refractivity contribution in [1.29, 1.82) is 0 Å². The van der Waals surface area contributed by atoms with Crippen LogP contribution in [0.4, 0.5) is 0 Å². The molecule has 1 unspecified atom stereocenters. The molecule has 0 aromatic heterocycles. The third-order valence-electron chi connectivity index (χ3n) is 2.91. The van der Waals surface area contributed by atoms with E-state index in [1.54, 1.807) is 13.8 Å². The van der Waals surface area contributed by atoms with Crippen molar-refractivity contribution < 1.29 is 14.7 Å². The fraction of sp³-hybridized carbons (Fsp3) is 0.429. The Kier molecular flexibility index (Phi) is 4.05. The average molecular weight is 234 g/mol. The Labute approximate surface area is 101 Å². The Bertz CT molecular complexity index is 421. The summed E-state index contributed by atoms with van der Waals surface area (Å²) in [5.41, 5.74) is 1.09. The molecule has 0 radical (unpaired) electrons. The van der Waals surface area contributed by atoms with Gasteiger partial charge < -0.3 is 9.90 Å². The van der Waals surface area contributed by atoms with Crippen LogP contribution >= 0.6 is 0 Å². The number of aldehydes is 1. The molecule has 1 rings (SSSR count). The number of carbonyl (C=O) groups excluding carboxylic acids is 1. The van der Waals surface area contributed by atoms with Crippen molar-refractivity contribution in [3.05, 3.63) is 35.4 Å². The van der Waals surface area contributed by atoms with Crippen molar-refractivity contribution in [2.24, 2.45) is 5.41 Å². The van der Waals surface area contributed by atoms with Gasteiger partial charge in [0, 0.05) is 5.92 Å². The van der Waals surface area contributed by atoms with E-state index in [-0.39, 0.29) is 5.92 Å². The molecule has 3 heteroatoms. The van der Waals surface area contributed by atoms with Crippen LogP contribution in [0.25, 0.3) is 0 Å². The van der Waals surface area contributed by atoms with Crippen LogP contribution in [-0.4, -0.2) is 17.4 Å². The molecule has 1 aromatic carbocycles. The lowest BCUT2D eigenvalue weighted by atomic mass is 9.85. The maximum absolute atomic E-state index is 11.0. The molecule has 3 nitrogen and oxygen atoms in total. The number of carbonyl (C=O) groups is 2. The van der Waals surface area contributed by atoms with E-state index in [1.807, 2.05) is 31.2 Å². The molecule has 0 fully saturated rings. The van der Waals surface area contributed by atoms with Crippen LogP contribution in [0.5, 0.6) is 0 Å². The standard InChI is InChI=1S/C14H18O3/c1-10(9-15)12-6-4-5-11(7-12)8-14(2,3)13(16)17/h4-7,9-10H,8H2,1-3H3,(H,16,17). The topological polar surface area (TPSA) is 54.4 Å². The first-order valence-corrected chi connectivity index (χ1v) is 5.64. The SMILES string of the molecule is CC(C=O)c1cccc(CC(C)(C)C(=O)O)c1. The summed E-state index contributed by atoms with van der Waals surface area (Å²) in [5, 5.41) is 9.07. The number of hydrogen-bond donors (Lipinski definition) is 1. The van der Waals surface area contributed by atoms with Crippen molar-refractivity contribution in [2.45, 2.75) is 33.1 Å². The van der Waals surface area contributed by atoms with Gasteiger partial charge in [-0.1, -0.05) is 31.2 Å². The van der Waals surface area contributed by atoms with Gasteiger partial charge in [-0.3, -0.25) is 4.79 Å². The first-order chi connectivity index (χ1) is 7.86. The molecule has 1 aromatic rings. The van der Waals surface area contributed by atoms with Gasteiger partial charge in [-0.25, -0.2) is 0 Å². The summed E-state index contributed by atoms with van der Waals surface area (Å²) in [6.45, 7) is 5.23. The molecule has 0 aliphatic heterocycles. The second-order valence-corrected chi connectivity index (χ2v) is 5.04. The van der Waals surface area contributed by atoms with Gasteiger partial charge >= 0.3 is 5.97 Å². The van der Waals surface area contributed by atoms with Gasteiger partial charge in [-0.15, -0.1) is 0 Å². The zero-order valence-electron chi connectivity index (χ0n) is 10.4. The summed E-state index contributed by atoms with van der Waals surface area (Å²) in [5.74, 6) is -0.964. The first-order valence-electron chi connectivity index (χ1n) is 5.64. The van der Waals surface area contributed by atoms with Crippen LogP contribution < -0.4 is 0 Å². The fourth-order valence-corrected chi connectivity index (χ4v) is 1.65. The Hall–Kier alpha value is -1.64. The van der Waals surface area contributed by atoms with Crippen LogP contribution in [0, 0.1) is 5.41 Å². The number of carboxylic acid groups (broad SMARTS) is 1. The molecule has 0 saturated heterocycles. The molecular weight excluding hydrogens is 216 g/mol. The minimum Gasteiger partial charge on any atom is -0.481 e. The lowest BCUT2D eigenvalue weighted by Gasteiger charge is -2.19. The normalized spacial score (nSPS) is 13.1. The second kappa shape index (κ2) is 5.13. The van der Waals surface area contributed by atoms with E-state index < -0.39 is 11.4 Å². The molecule has 92 valence electrons. The van der Waals surface area contributed by atoms with Gasteiger partial charge in [-0.2, -0.15) is 0 Å². The highest BCUT2D eigenvalue weighted by atomic mass is 16.4. The van der Waals surface area contributed by atoms with E-state index >= 15 is 0 Å². The molecule has 1 atom stereocenters. The molecule has 0 heterocycles. The van der Waals surface area contributed by atoms with E-state index in [0.29, 0.717) is 6.42 Å². The molecule has 1 N–H and O–H groups in total. The lowest BCUT2D eigenvalue weighted by molar-refractivity contribution is -0.146. The third-order valence-corrected chi connectivity index (χ3v) is 2.91. The summed E-state index contributed by atoms with van der Waals surface area (Å²) in [6, 6.07) is 7.55. The summed E-state index contributed by atoms with van der Waals surface area (Å²) in [4.78, 5) is 21.8. The molecule has 0 amide bonds. The zero-order chi connectivity index (χ0) is 13.1. The van der Waals surface area contributed by atoms with Crippen molar-refractivity contribution >= 4 is 12.3 Å². The monoisotopic (exact) mass is 234 g/mol. The van der Waals surface area contributed by atoms with Crippen molar-refractivity contribution in [3.63, 3.8) is 0 Å². The Morgan fingerprint density at radius 2 is 2.12 bits per heavy atom. The summed E-state index contributed by atoms with van der Waals surface area (Å²) in [7, 11) is 0. The van der Waals surface area contributed by atoms with Crippen LogP contribution in [0.15, 0.2) is 24.3 Å². The number of aliphatic carboxylic acids is 1. The number of hydrogen-bond acceptors (Lipinski definition) is 2. The van der Waals surface area contributed by atoms with Gasteiger partial charge in [0.15, 0.2) is 0 Å². The van der Waals surface area contributed by atoms with Gasteiger partial charge in [0.1, 0.15) is 6.29 Å². The quantitative estimate of drug-likeness (QED) is 0.797. The number of rotatable bonds is 5. The van der Waals surface area contributed by atoms with Crippen molar-refractivity contribution in [2.75, 3.05) is 0 Å². The van der Waals surface area contributed by atoms with E-state index in [1.165, 1.54) is 0 Å². The Balaban J connectivity index is 2.93. The van der Waals surface area contributed by atoms with E-state index in [4.69, 9.17) is 5.11 Å². The van der Waals surface area contributed by atoms with E-state index in [9.17, 15) is 9.59 Å². The first kappa shape index (κ1) is 13.4. The molecular formula is C14H18O3.